The SMILES string of the molecule is CC1CC(NS(=O)(=O)c2ccc(Br)cc2N)C1. The molecule has 0 amide bonds. The number of nitrogens with one attached hydrogen (secondary N) is 1. The number of hydrogen-bond donors (Lipinski definition) is 2. The van der Waals surface area contributed by atoms with Crippen molar-refractivity contribution in [1.29, 1.82) is 0 Å². The van der Waals surface area contributed by atoms with Gasteiger partial charge in [0.2, 0.25) is 10.0 Å². The molecular weight excluding hydrogens is 304 g/mol. The number of rotatable bonds is 3. The van der Waals surface area contributed by atoms with E-state index in [9.17, 15) is 8.42 Å². The van der Waals surface area contributed by atoms with E-state index in [0.717, 1.165) is 17.3 Å². The molecule has 1 fully saturated rings. The van der Waals surface area contributed by atoms with Gasteiger partial charge in [-0.3, -0.25) is 0 Å². The summed E-state index contributed by atoms with van der Waals surface area (Å²) in [5.74, 6) is 0.602. The first-order chi connectivity index (χ1) is 7.88. The molecule has 1 aliphatic carbocycles. The molecule has 3 N–H and O–H groups in total. The Hall–Kier alpha value is -0.590. The second kappa shape index (κ2) is 4.59. The maximum Gasteiger partial charge on any atom is 0.242 e. The second-order valence-electron chi connectivity index (χ2n) is 4.58. The van der Waals surface area contributed by atoms with Crippen LogP contribution in [0.15, 0.2) is 27.6 Å². The van der Waals surface area contributed by atoms with E-state index in [-0.39, 0.29) is 16.6 Å². The van der Waals surface area contributed by atoms with Crippen molar-refractivity contribution in [2.24, 2.45) is 5.92 Å². The molecule has 2 rings (SSSR count). The van der Waals surface area contributed by atoms with Crippen molar-refractivity contribution in [3.05, 3.63) is 22.7 Å². The van der Waals surface area contributed by atoms with Gasteiger partial charge in [0, 0.05) is 10.5 Å². The molecule has 0 spiro atoms. The molecule has 4 nitrogen and oxygen atoms in total. The molecule has 0 unspecified atom stereocenters. The van der Waals surface area contributed by atoms with E-state index in [1.807, 2.05) is 0 Å². The van der Waals surface area contributed by atoms with Crippen LogP contribution < -0.4 is 10.5 Å². The molecule has 6 heteroatoms. The van der Waals surface area contributed by atoms with Crippen LogP contribution in [0.1, 0.15) is 19.8 Å². The summed E-state index contributed by atoms with van der Waals surface area (Å²) >= 11 is 3.25. The number of nitrogens with two attached hydrogens (primary N) is 1. The second-order valence-corrected chi connectivity index (χ2v) is 7.18. The maximum absolute atomic E-state index is 12.1. The van der Waals surface area contributed by atoms with Gasteiger partial charge in [0.15, 0.2) is 0 Å². The smallest absolute Gasteiger partial charge is 0.242 e. The molecular formula is C11H15BrN2O2S. The van der Waals surface area contributed by atoms with Gasteiger partial charge in [-0.05, 0) is 37.0 Å². The van der Waals surface area contributed by atoms with Gasteiger partial charge in [0.25, 0.3) is 0 Å². The molecule has 1 aliphatic rings. The summed E-state index contributed by atoms with van der Waals surface area (Å²) in [5, 5.41) is 0. The lowest BCUT2D eigenvalue weighted by atomic mass is 9.83. The Morgan fingerprint density at radius 2 is 2.06 bits per heavy atom. The van der Waals surface area contributed by atoms with Gasteiger partial charge in [0.1, 0.15) is 4.90 Å². The van der Waals surface area contributed by atoms with E-state index in [1.54, 1.807) is 12.1 Å². The molecule has 1 saturated carbocycles. The maximum atomic E-state index is 12.1. The van der Waals surface area contributed by atoms with Crippen LogP contribution in [0.4, 0.5) is 5.69 Å². The molecule has 0 atom stereocenters. The third-order valence-corrected chi connectivity index (χ3v) is 5.04. The summed E-state index contributed by atoms with van der Waals surface area (Å²) < 4.78 is 27.6. The van der Waals surface area contributed by atoms with Crippen LogP contribution in [0.25, 0.3) is 0 Å². The van der Waals surface area contributed by atoms with Crippen LogP contribution in [-0.4, -0.2) is 14.5 Å². The lowest BCUT2D eigenvalue weighted by Gasteiger charge is -2.33. The van der Waals surface area contributed by atoms with E-state index >= 15 is 0 Å². The summed E-state index contributed by atoms with van der Waals surface area (Å²) in [5.41, 5.74) is 5.98. The Bertz CT molecular complexity index is 524. The number of anilines is 1. The van der Waals surface area contributed by atoms with Gasteiger partial charge in [-0.2, -0.15) is 0 Å². The van der Waals surface area contributed by atoms with E-state index in [2.05, 4.69) is 27.6 Å². The molecule has 0 heterocycles. The van der Waals surface area contributed by atoms with Crippen LogP contribution in [0.2, 0.25) is 0 Å². The lowest BCUT2D eigenvalue weighted by Crippen LogP contribution is -2.43. The summed E-state index contributed by atoms with van der Waals surface area (Å²) in [7, 11) is -3.49. The van der Waals surface area contributed by atoms with Crippen molar-refractivity contribution in [1.82, 2.24) is 4.72 Å². The summed E-state index contributed by atoms with van der Waals surface area (Å²) in [6, 6.07) is 4.84. The van der Waals surface area contributed by atoms with E-state index in [1.165, 1.54) is 6.07 Å². The summed E-state index contributed by atoms with van der Waals surface area (Å²) in [4.78, 5) is 0.153. The highest BCUT2D eigenvalue weighted by Crippen LogP contribution is 2.29. The van der Waals surface area contributed by atoms with Crippen molar-refractivity contribution < 1.29 is 8.42 Å². The topological polar surface area (TPSA) is 72.2 Å². The third-order valence-electron chi connectivity index (χ3n) is 2.96. The molecule has 17 heavy (non-hydrogen) atoms. The molecule has 0 bridgehead atoms. The number of sulfonamides is 1. The van der Waals surface area contributed by atoms with Gasteiger partial charge >= 0.3 is 0 Å². The number of benzene rings is 1. The van der Waals surface area contributed by atoms with Gasteiger partial charge in [-0.25, -0.2) is 13.1 Å². The number of nitrogen functional groups attached to an aromatic ring is 1. The normalized spacial score (nSPS) is 24.4. The average Bonchev–Trinajstić information content (AvgIpc) is 2.14. The van der Waals surface area contributed by atoms with Gasteiger partial charge in [-0.1, -0.05) is 22.9 Å². The quantitative estimate of drug-likeness (QED) is 0.838. The summed E-state index contributed by atoms with van der Waals surface area (Å²) in [6.45, 7) is 2.11. The average molecular weight is 319 g/mol. The molecule has 94 valence electrons. The molecule has 0 radical (unpaired) electrons. The van der Waals surface area contributed by atoms with Gasteiger partial charge in [-0.15, -0.1) is 0 Å². The lowest BCUT2D eigenvalue weighted by molar-refractivity contribution is 0.270. The third kappa shape index (κ3) is 2.81. The zero-order valence-corrected chi connectivity index (χ0v) is 11.9. The minimum absolute atomic E-state index is 0.0537. The minimum Gasteiger partial charge on any atom is -0.398 e. The predicted octanol–water partition coefficient (Wildman–Crippen LogP) is 2.11. The van der Waals surface area contributed by atoms with Crippen LogP contribution in [0.3, 0.4) is 0 Å². The highest BCUT2D eigenvalue weighted by molar-refractivity contribution is 9.10. The van der Waals surface area contributed by atoms with Crippen LogP contribution in [-0.2, 0) is 10.0 Å². The fraction of sp³-hybridized carbons (Fsp3) is 0.455. The molecule has 0 saturated heterocycles. The van der Waals surface area contributed by atoms with Crippen molar-refractivity contribution in [3.63, 3.8) is 0 Å². The first kappa shape index (κ1) is 12.9. The van der Waals surface area contributed by atoms with E-state index < -0.39 is 10.0 Å². The van der Waals surface area contributed by atoms with Crippen molar-refractivity contribution in [3.8, 4) is 0 Å². The Labute approximate surface area is 110 Å². The molecule has 1 aromatic rings. The van der Waals surface area contributed by atoms with Crippen LogP contribution in [0.5, 0.6) is 0 Å². The molecule has 1 aromatic carbocycles. The van der Waals surface area contributed by atoms with Crippen molar-refractivity contribution in [2.75, 3.05) is 5.73 Å². The van der Waals surface area contributed by atoms with E-state index in [0.29, 0.717) is 5.92 Å². The Morgan fingerprint density at radius 1 is 1.41 bits per heavy atom. The fourth-order valence-electron chi connectivity index (χ4n) is 2.05. The van der Waals surface area contributed by atoms with Crippen molar-refractivity contribution in [2.45, 2.75) is 30.7 Å². The van der Waals surface area contributed by atoms with E-state index in [4.69, 9.17) is 5.73 Å². The van der Waals surface area contributed by atoms with Gasteiger partial charge in [0.05, 0.1) is 5.69 Å². The zero-order valence-electron chi connectivity index (χ0n) is 9.48. The number of halogens is 1. The first-order valence-corrected chi connectivity index (χ1v) is 7.73. The predicted molar refractivity (Wildman–Crippen MR) is 71.1 cm³/mol. The fourth-order valence-corrected chi connectivity index (χ4v) is 3.80. The highest BCUT2D eigenvalue weighted by atomic mass is 79.9. The Kier molecular flexibility index (Phi) is 3.47. The first-order valence-electron chi connectivity index (χ1n) is 5.46. The highest BCUT2D eigenvalue weighted by Gasteiger charge is 2.30. The van der Waals surface area contributed by atoms with Gasteiger partial charge < -0.3 is 5.73 Å². The van der Waals surface area contributed by atoms with Crippen molar-refractivity contribution >= 4 is 31.6 Å². The largest absolute Gasteiger partial charge is 0.398 e. The minimum atomic E-state index is -3.49. The zero-order chi connectivity index (χ0) is 12.6. The monoisotopic (exact) mass is 318 g/mol. The number of hydrogen-bond acceptors (Lipinski definition) is 3. The van der Waals surface area contributed by atoms with Crippen LogP contribution in [0, 0.1) is 5.92 Å². The molecule has 0 aliphatic heterocycles. The summed E-state index contributed by atoms with van der Waals surface area (Å²) in [6.07, 6.45) is 1.80. The van der Waals surface area contributed by atoms with Crippen LogP contribution >= 0.6 is 15.9 Å². The molecule has 0 aromatic heterocycles. The standard InChI is InChI=1S/C11H15BrN2O2S/c1-7-4-9(5-7)14-17(15,16)11-3-2-8(12)6-10(11)13/h2-3,6-7,9,14H,4-5,13H2,1H3. The Balaban J connectivity index is 2.20. The Morgan fingerprint density at radius 3 is 2.59 bits per heavy atom.